The molecule has 0 fully saturated rings. The first-order chi connectivity index (χ1) is 9.27. The molecule has 0 aromatic heterocycles. The molecule has 1 aromatic carbocycles. The SMILES string of the molecule is C[C@H](O[Si](C)(C)C)[C@@]12C=C[C@@](C)(OO1)c1ccccc12. The molecule has 3 nitrogen and oxygen atoms in total. The molecule has 1 aliphatic carbocycles. The van der Waals surface area contributed by atoms with Crippen LogP contribution in [0.5, 0.6) is 0 Å². The molecule has 2 aliphatic heterocycles. The zero-order chi connectivity index (χ0) is 14.6. The fourth-order valence-corrected chi connectivity index (χ4v) is 4.30. The number of benzene rings is 1. The summed E-state index contributed by atoms with van der Waals surface area (Å²) in [5, 5.41) is 0. The van der Waals surface area contributed by atoms with E-state index < -0.39 is 19.5 Å². The van der Waals surface area contributed by atoms with Crippen molar-refractivity contribution in [2.75, 3.05) is 0 Å². The summed E-state index contributed by atoms with van der Waals surface area (Å²) in [5.74, 6) is 0. The summed E-state index contributed by atoms with van der Waals surface area (Å²) in [7, 11) is -1.66. The molecule has 4 heteroatoms. The molecule has 0 saturated carbocycles. The Kier molecular flexibility index (Phi) is 3.00. The van der Waals surface area contributed by atoms with Crippen LogP contribution in [-0.2, 0) is 25.4 Å². The van der Waals surface area contributed by atoms with Crippen molar-refractivity contribution in [2.45, 2.75) is 50.8 Å². The zero-order valence-corrected chi connectivity index (χ0v) is 13.8. The van der Waals surface area contributed by atoms with E-state index in [1.54, 1.807) is 0 Å². The van der Waals surface area contributed by atoms with Gasteiger partial charge in [-0.1, -0.05) is 24.3 Å². The molecule has 2 heterocycles. The van der Waals surface area contributed by atoms with Crippen LogP contribution in [0.25, 0.3) is 0 Å². The summed E-state index contributed by atoms with van der Waals surface area (Å²) in [6.07, 6.45) is 4.10. The second kappa shape index (κ2) is 4.27. The van der Waals surface area contributed by atoms with Gasteiger partial charge >= 0.3 is 0 Å². The van der Waals surface area contributed by atoms with Crippen molar-refractivity contribution in [1.29, 1.82) is 0 Å². The molecule has 2 bridgehead atoms. The van der Waals surface area contributed by atoms with Crippen LogP contribution in [0.15, 0.2) is 36.4 Å². The largest absolute Gasteiger partial charge is 0.411 e. The van der Waals surface area contributed by atoms with Crippen molar-refractivity contribution in [3.8, 4) is 0 Å². The molecule has 0 unspecified atom stereocenters. The second-order valence-corrected chi connectivity index (χ2v) is 11.3. The number of hydrogen-bond acceptors (Lipinski definition) is 3. The van der Waals surface area contributed by atoms with E-state index in [0.717, 1.165) is 5.56 Å². The summed E-state index contributed by atoms with van der Waals surface area (Å²) in [4.78, 5) is 11.5. The predicted octanol–water partition coefficient (Wildman–Crippen LogP) is 3.87. The molecule has 0 spiro atoms. The average Bonchev–Trinajstić information content (AvgIpc) is 2.38. The van der Waals surface area contributed by atoms with Crippen LogP contribution in [0, 0.1) is 0 Å². The van der Waals surface area contributed by atoms with Crippen LogP contribution in [0.2, 0.25) is 19.6 Å². The molecule has 0 saturated heterocycles. The predicted molar refractivity (Wildman–Crippen MR) is 80.7 cm³/mol. The van der Waals surface area contributed by atoms with Crippen LogP contribution in [-0.4, -0.2) is 14.4 Å². The summed E-state index contributed by atoms with van der Waals surface area (Å²) in [5.41, 5.74) is 1.20. The standard InChI is InChI=1S/C16H22O3Si/c1-12(17-20(3,4)5)16-11-10-15(2,18-19-16)13-8-6-7-9-14(13)16/h6-12H,1-5H3/t12-,15+,16+/m0/s1. The minimum Gasteiger partial charge on any atom is -0.411 e. The molecule has 0 amide bonds. The van der Waals surface area contributed by atoms with Crippen molar-refractivity contribution in [2.24, 2.45) is 0 Å². The van der Waals surface area contributed by atoms with Crippen LogP contribution < -0.4 is 0 Å². The first-order valence-corrected chi connectivity index (χ1v) is 10.5. The van der Waals surface area contributed by atoms with Gasteiger partial charge in [-0.05, 0) is 51.2 Å². The lowest BCUT2D eigenvalue weighted by atomic mass is 9.74. The molecule has 0 N–H and O–H groups in total. The van der Waals surface area contributed by atoms with E-state index in [1.165, 1.54) is 5.56 Å². The lowest BCUT2D eigenvalue weighted by Crippen LogP contribution is -2.53. The Morgan fingerprint density at radius 1 is 1.05 bits per heavy atom. The first-order valence-electron chi connectivity index (χ1n) is 7.12. The molecule has 20 heavy (non-hydrogen) atoms. The number of hydrogen-bond donors (Lipinski definition) is 0. The molecular weight excluding hydrogens is 268 g/mol. The first kappa shape index (κ1) is 14.0. The highest BCUT2D eigenvalue weighted by atomic mass is 28.4. The lowest BCUT2D eigenvalue weighted by molar-refractivity contribution is -0.429. The van der Waals surface area contributed by atoms with Gasteiger partial charge in [-0.15, -0.1) is 0 Å². The lowest BCUT2D eigenvalue weighted by Gasteiger charge is -2.50. The Morgan fingerprint density at radius 2 is 1.70 bits per heavy atom. The Hall–Kier alpha value is -0.943. The highest BCUT2D eigenvalue weighted by molar-refractivity contribution is 6.69. The van der Waals surface area contributed by atoms with E-state index in [0.29, 0.717) is 0 Å². The molecule has 4 rings (SSSR count). The van der Waals surface area contributed by atoms with Gasteiger partial charge in [0.25, 0.3) is 0 Å². The Morgan fingerprint density at radius 3 is 2.25 bits per heavy atom. The van der Waals surface area contributed by atoms with E-state index >= 15 is 0 Å². The van der Waals surface area contributed by atoms with Gasteiger partial charge in [0.1, 0.15) is 5.60 Å². The van der Waals surface area contributed by atoms with E-state index in [4.69, 9.17) is 14.2 Å². The zero-order valence-electron chi connectivity index (χ0n) is 12.8. The van der Waals surface area contributed by atoms with Gasteiger partial charge in [0.05, 0.1) is 6.10 Å². The smallest absolute Gasteiger partial charge is 0.184 e. The molecule has 108 valence electrons. The van der Waals surface area contributed by atoms with E-state index in [1.807, 2.05) is 19.1 Å². The summed E-state index contributed by atoms with van der Waals surface area (Å²) in [6.45, 7) is 10.7. The van der Waals surface area contributed by atoms with Crippen molar-refractivity contribution in [3.05, 3.63) is 47.5 Å². The van der Waals surface area contributed by atoms with E-state index in [9.17, 15) is 0 Å². The third-order valence-corrected chi connectivity index (χ3v) is 5.08. The Labute approximate surface area is 121 Å². The average molecular weight is 290 g/mol. The monoisotopic (exact) mass is 290 g/mol. The molecule has 3 aliphatic rings. The van der Waals surface area contributed by atoms with Crippen LogP contribution in [0.4, 0.5) is 0 Å². The summed E-state index contributed by atoms with van der Waals surface area (Å²) in [6, 6.07) is 8.31. The minimum absolute atomic E-state index is 0.0867. The quantitative estimate of drug-likeness (QED) is 0.480. The maximum atomic E-state index is 6.27. The fourth-order valence-electron chi connectivity index (χ4n) is 3.06. The van der Waals surface area contributed by atoms with Crippen molar-refractivity contribution < 1.29 is 14.2 Å². The van der Waals surface area contributed by atoms with Gasteiger partial charge in [0.15, 0.2) is 13.9 Å². The van der Waals surface area contributed by atoms with Gasteiger partial charge in [-0.25, -0.2) is 9.78 Å². The highest BCUT2D eigenvalue weighted by Gasteiger charge is 2.53. The number of rotatable bonds is 3. The van der Waals surface area contributed by atoms with Crippen LogP contribution >= 0.6 is 0 Å². The maximum Gasteiger partial charge on any atom is 0.184 e. The van der Waals surface area contributed by atoms with Gasteiger partial charge in [0, 0.05) is 5.56 Å². The van der Waals surface area contributed by atoms with Crippen molar-refractivity contribution in [3.63, 3.8) is 0 Å². The molecular formula is C16H22O3Si. The Bertz CT molecular complexity index is 563. The van der Waals surface area contributed by atoms with Gasteiger partial charge < -0.3 is 4.43 Å². The molecule has 0 radical (unpaired) electrons. The minimum atomic E-state index is -1.66. The van der Waals surface area contributed by atoms with E-state index in [2.05, 4.69) is 50.8 Å². The second-order valence-electron chi connectivity index (χ2n) is 6.82. The third-order valence-electron chi connectivity index (χ3n) is 4.02. The third kappa shape index (κ3) is 1.99. The highest BCUT2D eigenvalue weighted by Crippen LogP contribution is 2.51. The van der Waals surface area contributed by atoms with Crippen molar-refractivity contribution in [1.82, 2.24) is 0 Å². The number of fused-ring (bicyclic) bond motifs is 1. The van der Waals surface area contributed by atoms with E-state index in [-0.39, 0.29) is 6.10 Å². The normalized spacial score (nSPS) is 33.0. The van der Waals surface area contributed by atoms with Crippen LogP contribution in [0.3, 0.4) is 0 Å². The van der Waals surface area contributed by atoms with Gasteiger partial charge in [-0.2, -0.15) is 0 Å². The molecule has 3 atom stereocenters. The van der Waals surface area contributed by atoms with Crippen LogP contribution in [0.1, 0.15) is 25.0 Å². The molecule has 1 aromatic rings. The topological polar surface area (TPSA) is 27.7 Å². The Balaban J connectivity index is 2.08. The maximum absolute atomic E-state index is 6.27. The van der Waals surface area contributed by atoms with Crippen molar-refractivity contribution >= 4 is 8.32 Å². The summed E-state index contributed by atoms with van der Waals surface area (Å²) >= 11 is 0. The summed E-state index contributed by atoms with van der Waals surface area (Å²) < 4.78 is 6.27. The van der Waals surface area contributed by atoms with Gasteiger partial charge in [-0.3, -0.25) is 0 Å². The fraction of sp³-hybridized carbons (Fsp3) is 0.500. The van der Waals surface area contributed by atoms with Gasteiger partial charge in [0.2, 0.25) is 0 Å².